The number of phosphoric acid groups is 2. The molecule has 0 spiro atoms. The predicted molar refractivity (Wildman–Crippen MR) is 335 cm³/mol. The van der Waals surface area contributed by atoms with E-state index in [1.807, 2.05) is 0 Å². The lowest BCUT2D eigenvalue weighted by Gasteiger charge is -2.21. The Morgan fingerprint density at radius 3 is 0.976 bits per heavy atom. The number of ether oxygens (including phenoxy) is 3. The van der Waals surface area contributed by atoms with E-state index in [9.17, 15) is 43.5 Å². The first-order chi connectivity index (χ1) is 40.2. The van der Waals surface area contributed by atoms with Gasteiger partial charge in [-0.1, -0.05) is 256 Å². The van der Waals surface area contributed by atoms with E-state index < -0.39 is 91.5 Å². The SMILES string of the molecule is CCCCC/C=C\C/C=C\C/C=C\C/C=C\CCCCCCCCCC(=O)OCC(O)COP(=O)(O)OCC(O)COP(=O)(O)OCC(COC(=O)CCCCCCCCCCCCCCC)OC(=O)CCCCCCCCCCCCC. The van der Waals surface area contributed by atoms with Gasteiger partial charge in [-0.2, -0.15) is 0 Å². The van der Waals surface area contributed by atoms with Crippen molar-refractivity contribution in [1.82, 2.24) is 0 Å². The molecule has 0 radical (unpaired) electrons. The summed E-state index contributed by atoms with van der Waals surface area (Å²) in [5, 5.41) is 20.5. The normalized spacial score (nSPS) is 14.6. The van der Waals surface area contributed by atoms with E-state index in [-0.39, 0.29) is 19.3 Å². The Morgan fingerprint density at radius 2 is 0.602 bits per heavy atom. The third-order valence-electron chi connectivity index (χ3n) is 14.1. The third kappa shape index (κ3) is 61.0. The van der Waals surface area contributed by atoms with E-state index in [0.717, 1.165) is 109 Å². The number of esters is 3. The van der Waals surface area contributed by atoms with Crippen molar-refractivity contribution >= 4 is 33.6 Å². The van der Waals surface area contributed by atoms with E-state index in [2.05, 4.69) is 69.4 Å². The molecule has 0 aromatic carbocycles. The second kappa shape index (κ2) is 59.8. The number of phosphoric ester groups is 2. The van der Waals surface area contributed by atoms with E-state index in [1.54, 1.807) is 0 Å². The van der Waals surface area contributed by atoms with Crippen LogP contribution in [-0.2, 0) is 55.8 Å². The van der Waals surface area contributed by atoms with Crippen LogP contribution in [0.5, 0.6) is 0 Å². The maximum absolute atomic E-state index is 12.8. The summed E-state index contributed by atoms with van der Waals surface area (Å²) in [6.07, 6.45) is 57.5. The summed E-state index contributed by atoms with van der Waals surface area (Å²) in [6.45, 7) is 2.64. The minimum Gasteiger partial charge on any atom is -0.463 e. The molecule has 0 aliphatic heterocycles. The highest BCUT2D eigenvalue weighted by Gasteiger charge is 2.29. The van der Waals surface area contributed by atoms with Gasteiger partial charge in [-0.25, -0.2) is 9.13 Å². The highest BCUT2D eigenvalue weighted by atomic mass is 31.2. The predicted octanol–water partition coefficient (Wildman–Crippen LogP) is 17.6. The molecule has 0 bridgehead atoms. The summed E-state index contributed by atoms with van der Waals surface area (Å²) in [5.74, 6) is -1.57. The average molecular weight is 1220 g/mol. The molecule has 486 valence electrons. The van der Waals surface area contributed by atoms with E-state index in [1.165, 1.54) is 122 Å². The van der Waals surface area contributed by atoms with Crippen LogP contribution in [0.4, 0.5) is 0 Å². The summed E-state index contributed by atoms with van der Waals surface area (Å²) < 4.78 is 60.7. The fourth-order valence-corrected chi connectivity index (χ4v) is 10.6. The summed E-state index contributed by atoms with van der Waals surface area (Å²) in [7, 11) is -9.75. The zero-order valence-electron chi connectivity index (χ0n) is 52.4. The Balaban J connectivity index is 4.50. The number of hydrogen-bond acceptors (Lipinski definition) is 14. The van der Waals surface area contributed by atoms with Gasteiger partial charge < -0.3 is 34.2 Å². The van der Waals surface area contributed by atoms with Crippen molar-refractivity contribution in [2.75, 3.05) is 39.6 Å². The van der Waals surface area contributed by atoms with Crippen molar-refractivity contribution in [3.05, 3.63) is 48.6 Å². The molecule has 0 amide bonds. The Kier molecular flexibility index (Phi) is 58.0. The van der Waals surface area contributed by atoms with E-state index in [4.69, 9.17) is 32.3 Å². The van der Waals surface area contributed by atoms with Gasteiger partial charge in [0.15, 0.2) is 6.10 Å². The number of aliphatic hydroxyl groups is 2. The van der Waals surface area contributed by atoms with Gasteiger partial charge in [-0.3, -0.25) is 32.5 Å². The summed E-state index contributed by atoms with van der Waals surface area (Å²) >= 11 is 0. The monoisotopic (exact) mass is 1220 g/mol. The van der Waals surface area contributed by atoms with Crippen LogP contribution >= 0.6 is 15.6 Å². The van der Waals surface area contributed by atoms with Gasteiger partial charge in [0.05, 0.1) is 26.4 Å². The number of unbranched alkanes of at least 4 members (excludes halogenated alkanes) is 32. The number of allylic oxidation sites excluding steroid dienone is 8. The number of carbonyl (C=O) groups excluding carboxylic acids is 3. The standard InChI is InChI=1S/C65H120O16P2/c1-4-7-10-13-16-19-22-24-25-26-27-28-29-30-31-32-33-35-38-39-42-45-48-51-63(68)75-54-60(66)55-77-82(71,72)78-56-61(67)57-79-83(73,74)80-59-62(81-65(70)53-50-47-44-41-36-21-18-15-12-9-6-3)58-76-64(69)52-49-46-43-40-37-34-23-20-17-14-11-8-5-2/h16,19,24-25,27-28,30-31,60-62,66-67H,4-15,17-18,20-23,26,29,32-59H2,1-3H3,(H,71,72)(H,73,74)/b19-16-,25-24-,28-27-,31-30-. The lowest BCUT2D eigenvalue weighted by atomic mass is 10.0. The molecule has 0 aliphatic rings. The van der Waals surface area contributed by atoms with Crippen LogP contribution in [0.2, 0.25) is 0 Å². The number of aliphatic hydroxyl groups excluding tert-OH is 2. The zero-order chi connectivity index (χ0) is 61.0. The summed E-state index contributed by atoms with van der Waals surface area (Å²) in [5.41, 5.74) is 0. The number of hydrogen-bond donors (Lipinski definition) is 4. The summed E-state index contributed by atoms with van der Waals surface area (Å²) in [6, 6.07) is 0. The molecule has 16 nitrogen and oxygen atoms in total. The molecule has 0 aromatic rings. The molecule has 83 heavy (non-hydrogen) atoms. The van der Waals surface area contributed by atoms with Crippen LogP contribution in [0.1, 0.15) is 290 Å². The maximum atomic E-state index is 12.8. The molecule has 0 rings (SSSR count). The van der Waals surface area contributed by atoms with Crippen LogP contribution < -0.4 is 0 Å². The number of rotatable bonds is 63. The molecule has 5 atom stereocenters. The van der Waals surface area contributed by atoms with Crippen LogP contribution in [0, 0.1) is 0 Å². The smallest absolute Gasteiger partial charge is 0.463 e. The summed E-state index contributed by atoms with van der Waals surface area (Å²) in [4.78, 5) is 58.1. The second-order valence-electron chi connectivity index (χ2n) is 22.3. The Hall–Kier alpha value is -2.49. The number of carbonyl (C=O) groups is 3. The van der Waals surface area contributed by atoms with Gasteiger partial charge in [-0.15, -0.1) is 0 Å². The molecular formula is C65H120O16P2. The Bertz CT molecular complexity index is 1720. The van der Waals surface area contributed by atoms with Crippen molar-refractivity contribution in [2.45, 2.75) is 309 Å². The van der Waals surface area contributed by atoms with Gasteiger partial charge in [0.2, 0.25) is 0 Å². The fraction of sp³-hybridized carbons (Fsp3) is 0.831. The molecular weight excluding hydrogens is 1100 g/mol. The van der Waals surface area contributed by atoms with Crippen LogP contribution in [0.25, 0.3) is 0 Å². The van der Waals surface area contributed by atoms with Gasteiger partial charge in [0, 0.05) is 19.3 Å². The third-order valence-corrected chi connectivity index (χ3v) is 16.0. The average Bonchev–Trinajstić information content (AvgIpc) is 3.46. The quantitative estimate of drug-likeness (QED) is 0.0146. The topological polar surface area (TPSA) is 231 Å². The molecule has 18 heteroatoms. The van der Waals surface area contributed by atoms with Crippen molar-refractivity contribution in [1.29, 1.82) is 0 Å². The maximum Gasteiger partial charge on any atom is 0.472 e. The van der Waals surface area contributed by atoms with Crippen molar-refractivity contribution in [2.24, 2.45) is 0 Å². The van der Waals surface area contributed by atoms with Gasteiger partial charge in [0.25, 0.3) is 0 Å². The molecule has 4 N–H and O–H groups in total. The lowest BCUT2D eigenvalue weighted by Crippen LogP contribution is -2.30. The highest BCUT2D eigenvalue weighted by Crippen LogP contribution is 2.45. The van der Waals surface area contributed by atoms with Crippen LogP contribution in [0.3, 0.4) is 0 Å². The Morgan fingerprint density at radius 1 is 0.337 bits per heavy atom. The minimum atomic E-state index is -4.91. The molecule has 0 aromatic heterocycles. The van der Waals surface area contributed by atoms with E-state index in [0.29, 0.717) is 19.3 Å². The minimum absolute atomic E-state index is 0.112. The molecule has 0 saturated heterocycles. The van der Waals surface area contributed by atoms with Gasteiger partial charge >= 0.3 is 33.6 Å². The molecule has 0 heterocycles. The van der Waals surface area contributed by atoms with Gasteiger partial charge in [0.1, 0.15) is 25.4 Å². The van der Waals surface area contributed by atoms with Crippen molar-refractivity contribution < 1.29 is 75.8 Å². The van der Waals surface area contributed by atoms with Gasteiger partial charge in [-0.05, 0) is 64.2 Å². The van der Waals surface area contributed by atoms with Crippen molar-refractivity contribution in [3.8, 4) is 0 Å². The largest absolute Gasteiger partial charge is 0.472 e. The van der Waals surface area contributed by atoms with Crippen LogP contribution in [-0.4, -0.2) is 95.9 Å². The Labute approximate surface area is 504 Å². The first kappa shape index (κ1) is 80.5. The molecule has 0 saturated carbocycles. The first-order valence-electron chi connectivity index (χ1n) is 32.9. The van der Waals surface area contributed by atoms with Crippen molar-refractivity contribution in [3.63, 3.8) is 0 Å². The highest BCUT2D eigenvalue weighted by molar-refractivity contribution is 7.47. The molecule has 5 unspecified atom stereocenters. The molecule has 0 fully saturated rings. The second-order valence-corrected chi connectivity index (χ2v) is 25.2. The first-order valence-corrected chi connectivity index (χ1v) is 35.9. The van der Waals surface area contributed by atoms with E-state index >= 15 is 0 Å². The van der Waals surface area contributed by atoms with Crippen LogP contribution in [0.15, 0.2) is 48.6 Å². The molecule has 0 aliphatic carbocycles. The lowest BCUT2D eigenvalue weighted by molar-refractivity contribution is -0.161. The fourth-order valence-electron chi connectivity index (χ4n) is 8.97. The zero-order valence-corrected chi connectivity index (χ0v) is 54.2.